The van der Waals surface area contributed by atoms with Gasteiger partial charge in [0.15, 0.2) is 0 Å². The summed E-state index contributed by atoms with van der Waals surface area (Å²) in [6.07, 6.45) is 16.5. The zero-order chi connectivity index (χ0) is 34.4. The van der Waals surface area contributed by atoms with Crippen LogP contribution in [0.15, 0.2) is 192 Å². The number of rotatable bonds is 6. The number of anilines is 2. The van der Waals surface area contributed by atoms with Crippen LogP contribution in [0.5, 0.6) is 0 Å². The van der Waals surface area contributed by atoms with Gasteiger partial charge in [0, 0.05) is 44.7 Å². The Morgan fingerprint density at radius 3 is 2.21 bits per heavy atom. The number of furan rings is 1. The van der Waals surface area contributed by atoms with Gasteiger partial charge in [0.2, 0.25) is 0 Å². The Balaban J connectivity index is 1.17. The van der Waals surface area contributed by atoms with Crippen LogP contribution < -0.4 is 4.90 Å². The van der Waals surface area contributed by atoms with Crippen molar-refractivity contribution in [3.63, 3.8) is 0 Å². The first-order chi connectivity index (χ1) is 25.8. The second kappa shape index (κ2) is 12.7. The smallest absolute Gasteiger partial charge is 0.143 e. The molecule has 0 fully saturated rings. The molecule has 10 rings (SSSR count). The maximum Gasteiger partial charge on any atom is 0.143 e. The fraction of sp³-hybridized carbons (Fsp3) is 0.0800. The van der Waals surface area contributed by atoms with Gasteiger partial charge < -0.3 is 9.32 Å². The van der Waals surface area contributed by atoms with E-state index in [0.29, 0.717) is 5.92 Å². The molecular weight excluding hydrogens is 631 g/mol. The molecule has 2 heteroatoms. The summed E-state index contributed by atoms with van der Waals surface area (Å²) in [6.45, 7) is 0. The highest BCUT2D eigenvalue weighted by Crippen LogP contribution is 2.44. The zero-order valence-corrected chi connectivity index (χ0v) is 28.9. The van der Waals surface area contributed by atoms with Crippen molar-refractivity contribution in [2.75, 3.05) is 4.90 Å². The highest BCUT2D eigenvalue weighted by Gasteiger charge is 2.23. The molecule has 0 bridgehead atoms. The largest absolute Gasteiger partial charge is 0.455 e. The Hall–Kier alpha value is -6.38. The van der Waals surface area contributed by atoms with Crippen LogP contribution in [0.3, 0.4) is 0 Å². The second-order valence-electron chi connectivity index (χ2n) is 13.9. The summed E-state index contributed by atoms with van der Waals surface area (Å²) in [4.78, 5) is 2.51. The maximum absolute atomic E-state index is 6.59. The third kappa shape index (κ3) is 5.18. The molecule has 0 radical (unpaired) electrons. The van der Waals surface area contributed by atoms with E-state index < -0.39 is 0 Å². The summed E-state index contributed by atoms with van der Waals surface area (Å²) >= 11 is 0. The topological polar surface area (TPSA) is 16.4 Å². The molecule has 0 aliphatic heterocycles. The van der Waals surface area contributed by atoms with Crippen molar-refractivity contribution in [3.05, 3.63) is 199 Å². The zero-order valence-electron chi connectivity index (χ0n) is 28.9. The number of nitrogens with zero attached hydrogens (tertiary/aromatic N) is 1. The number of hydrogen-bond acceptors (Lipinski definition) is 2. The Kier molecular flexibility index (Phi) is 7.46. The van der Waals surface area contributed by atoms with Crippen LogP contribution in [0, 0.1) is 0 Å². The van der Waals surface area contributed by atoms with Crippen LogP contribution in [0.25, 0.3) is 60.2 Å². The molecule has 1 atom stereocenters. The van der Waals surface area contributed by atoms with E-state index in [4.69, 9.17) is 4.42 Å². The Bertz CT molecular complexity index is 2770. The SMILES string of the molecule is C1=CCC(c2ccc(N(C3=C(c4cccc5ccccc45)C=CCC3)c3cccc(-c4cccc5oc6c7ccccc7ccc6c45)c3)cc2)C=C1. The van der Waals surface area contributed by atoms with E-state index in [9.17, 15) is 0 Å². The van der Waals surface area contributed by atoms with E-state index in [0.717, 1.165) is 58.0 Å². The van der Waals surface area contributed by atoms with Gasteiger partial charge in [0.05, 0.1) is 0 Å². The third-order valence-corrected chi connectivity index (χ3v) is 10.9. The molecule has 2 aliphatic rings. The standard InChI is InChI=1S/C50H37NO/c1-2-13-34(14-3-1)35-27-30-39(31-28-35)51(47-25-9-8-22-45(47)44-24-11-17-36-15-4-6-20-41(36)44)40-19-10-18-38(33-40)42-23-12-26-48-49(42)46-32-29-37-16-5-7-21-43(37)50(46)52-48/h1-8,10-13,15-24,26-34H,9,14,25H2. The average Bonchev–Trinajstić information content (AvgIpc) is 3.61. The number of hydrogen-bond donors (Lipinski definition) is 0. The van der Waals surface area contributed by atoms with Crippen molar-refractivity contribution in [2.45, 2.75) is 25.2 Å². The molecule has 0 saturated carbocycles. The Morgan fingerprint density at radius 1 is 0.577 bits per heavy atom. The first kappa shape index (κ1) is 30.4. The summed E-state index contributed by atoms with van der Waals surface area (Å²) in [5, 5.41) is 7.16. The van der Waals surface area contributed by atoms with Gasteiger partial charge in [-0.25, -0.2) is 0 Å². The third-order valence-electron chi connectivity index (χ3n) is 10.9. The first-order valence-corrected chi connectivity index (χ1v) is 18.3. The molecule has 0 spiro atoms. The molecule has 52 heavy (non-hydrogen) atoms. The molecule has 7 aromatic carbocycles. The minimum atomic E-state index is 0.404. The number of allylic oxidation sites excluding steroid dienone is 8. The van der Waals surface area contributed by atoms with Crippen molar-refractivity contribution >= 4 is 60.4 Å². The lowest BCUT2D eigenvalue weighted by Crippen LogP contribution is -2.19. The predicted molar refractivity (Wildman–Crippen MR) is 220 cm³/mol. The van der Waals surface area contributed by atoms with E-state index in [1.165, 1.54) is 49.7 Å². The molecular formula is C50H37NO. The second-order valence-corrected chi connectivity index (χ2v) is 13.9. The van der Waals surface area contributed by atoms with E-state index in [1.807, 2.05) is 0 Å². The van der Waals surface area contributed by atoms with E-state index in [2.05, 4.69) is 187 Å². The lowest BCUT2D eigenvalue weighted by atomic mass is 9.90. The van der Waals surface area contributed by atoms with E-state index >= 15 is 0 Å². The monoisotopic (exact) mass is 667 g/mol. The number of fused-ring (bicyclic) bond motifs is 6. The number of benzene rings is 7. The van der Waals surface area contributed by atoms with Crippen LogP contribution in [0.1, 0.15) is 36.3 Å². The molecule has 0 N–H and O–H groups in total. The predicted octanol–water partition coefficient (Wildman–Crippen LogP) is 14.1. The molecule has 1 heterocycles. The van der Waals surface area contributed by atoms with Crippen molar-refractivity contribution < 1.29 is 4.42 Å². The molecule has 2 aliphatic carbocycles. The summed E-state index contributed by atoms with van der Waals surface area (Å²) in [6, 6.07) is 53.1. The average molecular weight is 668 g/mol. The Morgan fingerprint density at radius 2 is 1.35 bits per heavy atom. The summed E-state index contributed by atoms with van der Waals surface area (Å²) in [5.41, 5.74) is 11.7. The maximum atomic E-state index is 6.59. The molecule has 248 valence electrons. The van der Waals surface area contributed by atoms with Gasteiger partial charge in [-0.15, -0.1) is 0 Å². The van der Waals surface area contributed by atoms with Crippen LogP contribution in [0.2, 0.25) is 0 Å². The molecule has 2 nitrogen and oxygen atoms in total. The first-order valence-electron chi connectivity index (χ1n) is 18.3. The lowest BCUT2D eigenvalue weighted by molar-refractivity contribution is 0.673. The molecule has 1 unspecified atom stereocenters. The molecule has 0 saturated heterocycles. The van der Waals surface area contributed by atoms with Gasteiger partial charge in [-0.1, -0.05) is 146 Å². The van der Waals surface area contributed by atoms with Gasteiger partial charge in [-0.3, -0.25) is 0 Å². The molecule has 1 aromatic heterocycles. The fourth-order valence-electron chi connectivity index (χ4n) is 8.36. The quantitative estimate of drug-likeness (QED) is 0.175. The minimum Gasteiger partial charge on any atom is -0.455 e. The van der Waals surface area contributed by atoms with Crippen LogP contribution >= 0.6 is 0 Å². The highest BCUT2D eigenvalue weighted by atomic mass is 16.3. The summed E-state index contributed by atoms with van der Waals surface area (Å²) in [5.74, 6) is 0.404. The van der Waals surface area contributed by atoms with Crippen molar-refractivity contribution in [1.82, 2.24) is 0 Å². The normalized spacial score (nSPS) is 15.7. The summed E-state index contributed by atoms with van der Waals surface area (Å²) in [7, 11) is 0. The lowest BCUT2D eigenvalue weighted by Gasteiger charge is -2.32. The van der Waals surface area contributed by atoms with Gasteiger partial charge in [0.1, 0.15) is 11.2 Å². The van der Waals surface area contributed by atoms with E-state index in [-0.39, 0.29) is 0 Å². The fourth-order valence-corrected chi connectivity index (χ4v) is 8.36. The summed E-state index contributed by atoms with van der Waals surface area (Å²) < 4.78 is 6.59. The van der Waals surface area contributed by atoms with Crippen molar-refractivity contribution in [3.8, 4) is 11.1 Å². The minimum absolute atomic E-state index is 0.404. The van der Waals surface area contributed by atoms with Crippen molar-refractivity contribution in [1.29, 1.82) is 0 Å². The van der Waals surface area contributed by atoms with Gasteiger partial charge in [-0.05, 0) is 94.1 Å². The van der Waals surface area contributed by atoms with Crippen LogP contribution in [-0.4, -0.2) is 0 Å². The van der Waals surface area contributed by atoms with Crippen LogP contribution in [0.4, 0.5) is 11.4 Å². The van der Waals surface area contributed by atoms with Crippen LogP contribution in [-0.2, 0) is 0 Å². The van der Waals surface area contributed by atoms with Gasteiger partial charge in [0.25, 0.3) is 0 Å². The van der Waals surface area contributed by atoms with Gasteiger partial charge >= 0.3 is 0 Å². The molecule has 0 amide bonds. The Labute approximate surface area is 303 Å². The van der Waals surface area contributed by atoms with Gasteiger partial charge in [-0.2, -0.15) is 0 Å². The van der Waals surface area contributed by atoms with Crippen molar-refractivity contribution in [2.24, 2.45) is 0 Å². The van der Waals surface area contributed by atoms with E-state index in [1.54, 1.807) is 0 Å². The highest BCUT2D eigenvalue weighted by molar-refractivity contribution is 6.19. The molecule has 8 aromatic rings.